The molecule has 2 bridgehead atoms. The molecule has 7 nitrogen and oxygen atoms in total. The quantitative estimate of drug-likeness (QED) is 0.576. The van der Waals surface area contributed by atoms with E-state index < -0.39 is 35.8 Å². The molecule has 0 spiro atoms. The highest BCUT2D eigenvalue weighted by molar-refractivity contribution is 5.98. The van der Waals surface area contributed by atoms with E-state index in [2.05, 4.69) is 0 Å². The molecule has 2 heterocycles. The minimum absolute atomic E-state index is 0.187. The van der Waals surface area contributed by atoms with Crippen molar-refractivity contribution in [3.8, 4) is 5.75 Å². The molecule has 142 valence electrons. The van der Waals surface area contributed by atoms with Gasteiger partial charge in [0.2, 0.25) is 0 Å². The molecule has 0 fully saturated rings. The van der Waals surface area contributed by atoms with Crippen molar-refractivity contribution in [1.82, 2.24) is 0 Å². The highest BCUT2D eigenvalue weighted by atomic mass is 16.6. The monoisotopic (exact) mass is 372 g/mol. The van der Waals surface area contributed by atoms with Crippen molar-refractivity contribution in [1.29, 1.82) is 0 Å². The van der Waals surface area contributed by atoms with Gasteiger partial charge in [0, 0.05) is 5.57 Å². The first-order valence-corrected chi connectivity index (χ1v) is 8.53. The number of carbonyl (C=O) groups is 3. The maximum Gasteiger partial charge on any atom is 0.337 e. The van der Waals surface area contributed by atoms with E-state index in [1.807, 2.05) is 0 Å². The summed E-state index contributed by atoms with van der Waals surface area (Å²) in [6.45, 7) is 1.89. The number of esters is 3. The van der Waals surface area contributed by atoms with Crippen LogP contribution in [0.3, 0.4) is 0 Å². The zero-order valence-corrected chi connectivity index (χ0v) is 15.3. The van der Waals surface area contributed by atoms with Gasteiger partial charge in [0.1, 0.15) is 11.9 Å². The molecule has 27 heavy (non-hydrogen) atoms. The Kier molecular flexibility index (Phi) is 5.30. The summed E-state index contributed by atoms with van der Waals surface area (Å²) in [7, 11) is 2.80. The third-order valence-electron chi connectivity index (χ3n) is 4.59. The van der Waals surface area contributed by atoms with Gasteiger partial charge in [-0.15, -0.1) is 0 Å². The summed E-state index contributed by atoms with van der Waals surface area (Å²) < 4.78 is 20.7. The van der Waals surface area contributed by atoms with Crippen LogP contribution >= 0.6 is 0 Å². The van der Waals surface area contributed by atoms with E-state index in [1.54, 1.807) is 38.3 Å². The van der Waals surface area contributed by atoms with E-state index in [-0.39, 0.29) is 17.8 Å². The average molecular weight is 372 g/mol. The maximum atomic E-state index is 12.6. The molecule has 3 aliphatic rings. The van der Waals surface area contributed by atoms with Gasteiger partial charge in [-0.3, -0.25) is 4.79 Å². The Balaban J connectivity index is 2.13. The lowest BCUT2D eigenvalue weighted by Crippen LogP contribution is -2.36. The smallest absolute Gasteiger partial charge is 0.337 e. The molecule has 1 aromatic carbocycles. The first-order valence-electron chi connectivity index (χ1n) is 8.53. The molecular weight excluding hydrogens is 352 g/mol. The van der Waals surface area contributed by atoms with Crippen molar-refractivity contribution in [2.24, 2.45) is 5.92 Å². The molecule has 1 aliphatic carbocycles. The minimum atomic E-state index is -0.979. The van der Waals surface area contributed by atoms with Crippen molar-refractivity contribution in [2.75, 3.05) is 20.8 Å². The van der Waals surface area contributed by atoms with Crippen molar-refractivity contribution >= 4 is 17.9 Å². The molecule has 0 unspecified atom stereocenters. The number of rotatable bonds is 5. The normalized spacial score (nSPS) is 23.5. The van der Waals surface area contributed by atoms with E-state index in [0.29, 0.717) is 11.3 Å². The Morgan fingerprint density at radius 2 is 1.70 bits per heavy atom. The molecule has 0 radical (unpaired) electrons. The SMILES string of the molecule is CCOC(=O)C1=C[C@H]2C=C(C(=O)OC)[C@H](OC2=O)[C@@H]1c1ccc(OC)cc1. The minimum Gasteiger partial charge on any atom is -0.497 e. The van der Waals surface area contributed by atoms with Crippen LogP contribution in [-0.4, -0.2) is 44.8 Å². The molecule has 1 aromatic rings. The lowest BCUT2D eigenvalue weighted by atomic mass is 9.83. The van der Waals surface area contributed by atoms with Crippen molar-refractivity contribution in [3.63, 3.8) is 0 Å². The first-order chi connectivity index (χ1) is 13.0. The number of ether oxygens (including phenoxy) is 4. The molecule has 2 aliphatic heterocycles. The lowest BCUT2D eigenvalue weighted by molar-refractivity contribution is -0.153. The van der Waals surface area contributed by atoms with E-state index in [0.717, 1.165) is 0 Å². The molecule has 0 saturated heterocycles. The third kappa shape index (κ3) is 3.45. The van der Waals surface area contributed by atoms with E-state index in [1.165, 1.54) is 19.3 Å². The van der Waals surface area contributed by atoms with Crippen molar-refractivity contribution in [2.45, 2.75) is 18.9 Å². The highest BCUT2D eigenvalue weighted by Crippen LogP contribution is 2.42. The molecule has 0 N–H and O–H groups in total. The summed E-state index contributed by atoms with van der Waals surface area (Å²) in [5, 5.41) is 0. The Bertz CT molecular complexity index is 819. The Morgan fingerprint density at radius 3 is 2.30 bits per heavy atom. The predicted octanol–water partition coefficient (Wildman–Crippen LogP) is 1.92. The number of carbonyl (C=O) groups excluding carboxylic acids is 3. The van der Waals surface area contributed by atoms with Crippen LogP contribution in [0.1, 0.15) is 18.4 Å². The standard InChI is InChI=1S/C20H20O7/c1-4-26-20(23)14-9-12-10-15(19(22)25-3)17(27-18(12)21)16(14)11-5-7-13(24-2)8-6-11/h5-10,12,16-17H,4H2,1-3H3/t12-,16+,17-/m0/s1. The van der Waals surface area contributed by atoms with Gasteiger partial charge in [0.05, 0.1) is 38.2 Å². The number of benzene rings is 1. The highest BCUT2D eigenvalue weighted by Gasteiger charge is 2.46. The largest absolute Gasteiger partial charge is 0.497 e. The average Bonchev–Trinajstić information content (AvgIpc) is 2.93. The lowest BCUT2D eigenvalue weighted by Gasteiger charge is -2.29. The molecule has 3 atom stereocenters. The summed E-state index contributed by atoms with van der Waals surface area (Å²) in [6, 6.07) is 6.99. The molecule has 0 saturated carbocycles. The molecule has 0 aromatic heterocycles. The van der Waals surface area contributed by atoms with E-state index in [9.17, 15) is 14.4 Å². The van der Waals surface area contributed by atoms with E-state index >= 15 is 0 Å². The van der Waals surface area contributed by atoms with Crippen LogP contribution in [0.2, 0.25) is 0 Å². The molecule has 7 heteroatoms. The van der Waals surface area contributed by atoms with Gasteiger partial charge < -0.3 is 18.9 Å². The van der Waals surface area contributed by atoms with Gasteiger partial charge in [0.25, 0.3) is 0 Å². The number of hydrogen-bond donors (Lipinski definition) is 0. The summed E-state index contributed by atoms with van der Waals surface area (Å²) in [4.78, 5) is 37.2. The number of methoxy groups -OCH3 is 2. The summed E-state index contributed by atoms with van der Waals surface area (Å²) in [5.74, 6) is -2.58. The predicted molar refractivity (Wildman–Crippen MR) is 93.9 cm³/mol. The molecule has 4 rings (SSSR count). The second-order valence-corrected chi connectivity index (χ2v) is 6.09. The van der Waals surface area contributed by atoms with Crippen LogP contribution in [0.25, 0.3) is 0 Å². The van der Waals surface area contributed by atoms with Crippen LogP contribution in [0.5, 0.6) is 5.75 Å². The third-order valence-corrected chi connectivity index (χ3v) is 4.59. The van der Waals surface area contributed by atoms with Gasteiger partial charge in [-0.05, 0) is 24.6 Å². The van der Waals surface area contributed by atoms with Crippen molar-refractivity contribution in [3.05, 3.63) is 53.1 Å². The van der Waals surface area contributed by atoms with Gasteiger partial charge >= 0.3 is 17.9 Å². The fraction of sp³-hybridized carbons (Fsp3) is 0.350. The topological polar surface area (TPSA) is 88.1 Å². The Morgan fingerprint density at radius 1 is 1.04 bits per heavy atom. The second kappa shape index (κ2) is 7.65. The molecule has 0 amide bonds. The molecular formula is C20H20O7. The zero-order chi connectivity index (χ0) is 19.6. The van der Waals surface area contributed by atoms with E-state index in [4.69, 9.17) is 18.9 Å². The summed E-state index contributed by atoms with van der Waals surface area (Å²) in [5.41, 5.74) is 1.17. The van der Waals surface area contributed by atoms with Gasteiger partial charge in [-0.25, -0.2) is 9.59 Å². The van der Waals surface area contributed by atoms with Crippen LogP contribution in [-0.2, 0) is 28.6 Å². The fourth-order valence-corrected chi connectivity index (χ4v) is 3.32. The van der Waals surface area contributed by atoms with Crippen LogP contribution in [0.15, 0.2) is 47.6 Å². The zero-order valence-electron chi connectivity index (χ0n) is 15.3. The van der Waals surface area contributed by atoms with Crippen LogP contribution in [0, 0.1) is 5.92 Å². The summed E-state index contributed by atoms with van der Waals surface area (Å²) in [6.07, 6.45) is 2.02. The van der Waals surface area contributed by atoms with Gasteiger partial charge in [-0.1, -0.05) is 24.3 Å². The first kappa shape index (κ1) is 18.7. The summed E-state index contributed by atoms with van der Waals surface area (Å²) >= 11 is 0. The van der Waals surface area contributed by atoms with Crippen LogP contribution in [0.4, 0.5) is 0 Å². The van der Waals surface area contributed by atoms with Crippen molar-refractivity contribution < 1.29 is 33.3 Å². The second-order valence-electron chi connectivity index (χ2n) is 6.09. The Hall–Kier alpha value is -3.09. The maximum absolute atomic E-state index is 12.6. The van der Waals surface area contributed by atoms with Gasteiger partial charge in [0.15, 0.2) is 0 Å². The van der Waals surface area contributed by atoms with Crippen LogP contribution < -0.4 is 4.74 Å². The number of hydrogen-bond acceptors (Lipinski definition) is 7. The number of fused-ring (bicyclic) bond motifs is 2. The fourth-order valence-electron chi connectivity index (χ4n) is 3.32. The Labute approximate surface area is 156 Å². The van der Waals surface area contributed by atoms with Gasteiger partial charge in [-0.2, -0.15) is 0 Å².